The van der Waals surface area contributed by atoms with Crippen LogP contribution in [0.25, 0.3) is 16.7 Å². The highest BCUT2D eigenvalue weighted by molar-refractivity contribution is 5.82. The van der Waals surface area contributed by atoms with Crippen molar-refractivity contribution in [1.82, 2.24) is 19.3 Å². The number of nitrogens with one attached hydrogen (secondary N) is 1. The molecule has 0 bridgehead atoms. The van der Waals surface area contributed by atoms with E-state index < -0.39 is 11.8 Å². The Hall–Kier alpha value is -3.35. The van der Waals surface area contributed by atoms with E-state index in [9.17, 15) is 9.59 Å². The third-order valence-corrected chi connectivity index (χ3v) is 4.38. The van der Waals surface area contributed by atoms with Gasteiger partial charge in [-0.3, -0.25) is 9.36 Å². The molecule has 0 aliphatic heterocycles. The molecule has 0 fully saturated rings. The Kier molecular flexibility index (Phi) is 4.04. The van der Waals surface area contributed by atoms with Gasteiger partial charge in [-0.15, -0.1) is 0 Å². The second-order valence-corrected chi connectivity index (χ2v) is 6.12. The molecule has 1 atom stereocenters. The lowest BCUT2D eigenvalue weighted by atomic mass is 10.2. The smallest absolute Gasteiger partial charge is 0.408 e. The van der Waals surface area contributed by atoms with Crippen LogP contribution in [0.4, 0.5) is 0 Å². The van der Waals surface area contributed by atoms with Crippen LogP contribution in [0.1, 0.15) is 18.7 Å². The molecule has 1 amide bonds. The fourth-order valence-electron chi connectivity index (χ4n) is 3.04. The maximum atomic E-state index is 12.5. The van der Waals surface area contributed by atoms with Crippen molar-refractivity contribution in [2.24, 2.45) is 0 Å². The fraction of sp³-hybridized carbons (Fsp3) is 0.211. The summed E-state index contributed by atoms with van der Waals surface area (Å²) in [5.41, 5.74) is 2.86. The normalized spacial score (nSPS) is 12.5. The van der Waals surface area contributed by atoms with Crippen molar-refractivity contribution in [1.29, 1.82) is 0 Å². The first-order chi connectivity index (χ1) is 12.6. The Morgan fingerprint density at radius 1 is 1.23 bits per heavy atom. The highest BCUT2D eigenvalue weighted by Gasteiger charge is 2.20. The predicted octanol–water partition coefficient (Wildman–Crippen LogP) is 2.16. The number of pyridine rings is 1. The highest BCUT2D eigenvalue weighted by Crippen LogP contribution is 2.16. The number of oxazole rings is 1. The van der Waals surface area contributed by atoms with Crippen LogP contribution in [0, 0.1) is 0 Å². The van der Waals surface area contributed by atoms with Gasteiger partial charge in [-0.1, -0.05) is 18.2 Å². The van der Waals surface area contributed by atoms with Crippen LogP contribution in [0.2, 0.25) is 0 Å². The number of nitrogens with zero attached hydrogens (tertiary/aromatic N) is 3. The summed E-state index contributed by atoms with van der Waals surface area (Å²) in [4.78, 5) is 29.0. The molecule has 0 spiro atoms. The van der Waals surface area contributed by atoms with Crippen molar-refractivity contribution >= 4 is 22.7 Å². The van der Waals surface area contributed by atoms with E-state index in [-0.39, 0.29) is 5.91 Å². The summed E-state index contributed by atoms with van der Waals surface area (Å²) in [6.45, 7) is 2.13. The van der Waals surface area contributed by atoms with Crippen molar-refractivity contribution in [3.63, 3.8) is 0 Å². The average Bonchev–Trinajstić information content (AvgIpc) is 3.20. The molecule has 3 heterocycles. The topological polar surface area (TPSA) is 81.5 Å². The van der Waals surface area contributed by atoms with E-state index in [2.05, 4.69) is 10.3 Å². The monoisotopic (exact) mass is 350 g/mol. The number of carbonyl (C=O) groups is 1. The lowest BCUT2D eigenvalue weighted by Crippen LogP contribution is -2.35. The molecule has 132 valence electrons. The van der Waals surface area contributed by atoms with Gasteiger partial charge in [-0.05, 0) is 31.2 Å². The molecule has 3 aromatic heterocycles. The zero-order chi connectivity index (χ0) is 18.1. The molecule has 4 rings (SSSR count). The fourth-order valence-corrected chi connectivity index (χ4v) is 3.04. The molecule has 0 saturated carbocycles. The van der Waals surface area contributed by atoms with Crippen LogP contribution in [0.5, 0.6) is 0 Å². The van der Waals surface area contributed by atoms with E-state index in [4.69, 9.17) is 4.42 Å². The van der Waals surface area contributed by atoms with E-state index >= 15 is 0 Å². The molecular weight excluding hydrogens is 332 g/mol. The van der Waals surface area contributed by atoms with Crippen LogP contribution < -0.4 is 11.1 Å². The Balaban J connectivity index is 1.44. The number of rotatable bonds is 5. The second-order valence-electron chi connectivity index (χ2n) is 6.12. The molecule has 7 heteroatoms. The standard InChI is InChI=1S/C19H18N4O3/c1-13(23-15-6-2-3-7-16(15)26-19(23)25)18(24)20-10-9-14-12-22-11-5-4-8-17(22)21-14/h2-8,11-13H,9-10H2,1H3,(H,20,24). The summed E-state index contributed by atoms with van der Waals surface area (Å²) < 4.78 is 8.50. The first-order valence-electron chi connectivity index (χ1n) is 8.44. The van der Waals surface area contributed by atoms with Crippen LogP contribution in [0.15, 0.2) is 64.1 Å². The molecule has 1 unspecified atom stereocenters. The third-order valence-electron chi connectivity index (χ3n) is 4.38. The van der Waals surface area contributed by atoms with Gasteiger partial charge in [0.15, 0.2) is 5.58 Å². The summed E-state index contributed by atoms with van der Waals surface area (Å²) in [5.74, 6) is -0.767. The number of aromatic nitrogens is 3. The zero-order valence-corrected chi connectivity index (χ0v) is 14.3. The van der Waals surface area contributed by atoms with Gasteiger partial charge in [0.2, 0.25) is 5.91 Å². The first-order valence-corrected chi connectivity index (χ1v) is 8.44. The molecule has 0 radical (unpaired) electrons. The third kappa shape index (κ3) is 2.88. The molecule has 7 nitrogen and oxygen atoms in total. The van der Waals surface area contributed by atoms with Gasteiger partial charge < -0.3 is 14.1 Å². The predicted molar refractivity (Wildman–Crippen MR) is 97.1 cm³/mol. The van der Waals surface area contributed by atoms with Crippen LogP contribution in [0.3, 0.4) is 0 Å². The molecule has 0 saturated heterocycles. The summed E-state index contributed by atoms with van der Waals surface area (Å²) >= 11 is 0. The molecule has 0 aliphatic carbocycles. The number of benzene rings is 1. The number of fused-ring (bicyclic) bond motifs is 2. The van der Waals surface area contributed by atoms with Crippen LogP contribution in [-0.2, 0) is 11.2 Å². The summed E-state index contributed by atoms with van der Waals surface area (Å²) in [6.07, 6.45) is 4.49. The van der Waals surface area contributed by atoms with E-state index in [0.29, 0.717) is 24.1 Å². The largest absolute Gasteiger partial charge is 0.420 e. The minimum absolute atomic E-state index is 0.234. The summed E-state index contributed by atoms with van der Waals surface area (Å²) in [7, 11) is 0. The van der Waals surface area contributed by atoms with Crippen LogP contribution in [-0.4, -0.2) is 26.4 Å². The minimum atomic E-state index is -0.660. The quantitative estimate of drug-likeness (QED) is 0.598. The molecule has 0 aliphatic rings. The molecule has 1 aromatic carbocycles. The van der Waals surface area contributed by atoms with Gasteiger partial charge in [-0.25, -0.2) is 9.78 Å². The van der Waals surface area contributed by atoms with Gasteiger partial charge in [0, 0.05) is 25.4 Å². The Morgan fingerprint density at radius 3 is 2.88 bits per heavy atom. The number of amides is 1. The van der Waals surface area contributed by atoms with E-state index in [1.54, 1.807) is 25.1 Å². The maximum Gasteiger partial charge on any atom is 0.420 e. The number of para-hydroxylation sites is 2. The Morgan fingerprint density at radius 2 is 2.04 bits per heavy atom. The van der Waals surface area contributed by atoms with Gasteiger partial charge >= 0.3 is 5.76 Å². The van der Waals surface area contributed by atoms with Crippen molar-refractivity contribution in [3.8, 4) is 0 Å². The van der Waals surface area contributed by atoms with E-state index in [0.717, 1.165) is 11.3 Å². The van der Waals surface area contributed by atoms with Crippen molar-refractivity contribution in [2.75, 3.05) is 6.54 Å². The average molecular weight is 350 g/mol. The summed E-state index contributed by atoms with van der Waals surface area (Å²) in [6, 6.07) is 12.2. The summed E-state index contributed by atoms with van der Waals surface area (Å²) in [5, 5.41) is 2.87. The lowest BCUT2D eigenvalue weighted by molar-refractivity contribution is -0.123. The maximum absolute atomic E-state index is 12.5. The van der Waals surface area contributed by atoms with Crippen molar-refractivity contribution in [3.05, 3.63) is 71.1 Å². The van der Waals surface area contributed by atoms with Gasteiger partial charge in [0.1, 0.15) is 11.7 Å². The van der Waals surface area contributed by atoms with Gasteiger partial charge in [0.25, 0.3) is 0 Å². The SMILES string of the molecule is CC(C(=O)NCCc1cn2ccccc2n1)n1c(=O)oc2ccccc21. The second kappa shape index (κ2) is 6.51. The van der Waals surface area contributed by atoms with Crippen molar-refractivity contribution in [2.45, 2.75) is 19.4 Å². The van der Waals surface area contributed by atoms with Crippen molar-refractivity contribution < 1.29 is 9.21 Å². The first kappa shape index (κ1) is 16.1. The number of hydrogen-bond acceptors (Lipinski definition) is 4. The molecule has 1 N–H and O–H groups in total. The Bertz CT molecular complexity index is 1110. The number of hydrogen-bond donors (Lipinski definition) is 1. The Labute approximate surface area is 148 Å². The zero-order valence-electron chi connectivity index (χ0n) is 14.3. The van der Waals surface area contributed by atoms with Gasteiger partial charge in [0.05, 0.1) is 11.2 Å². The van der Waals surface area contributed by atoms with Crippen LogP contribution >= 0.6 is 0 Å². The van der Waals surface area contributed by atoms with E-state index in [1.807, 2.05) is 41.1 Å². The molecule has 4 aromatic rings. The molecular formula is C19H18N4O3. The van der Waals surface area contributed by atoms with E-state index in [1.165, 1.54) is 4.57 Å². The molecule has 26 heavy (non-hydrogen) atoms. The van der Waals surface area contributed by atoms with Gasteiger partial charge in [-0.2, -0.15) is 0 Å². The number of imidazole rings is 1. The number of carbonyl (C=O) groups excluding carboxylic acids is 1. The lowest BCUT2D eigenvalue weighted by Gasteiger charge is -2.12. The minimum Gasteiger partial charge on any atom is -0.408 e. The highest BCUT2D eigenvalue weighted by atomic mass is 16.4.